The van der Waals surface area contributed by atoms with Crippen molar-refractivity contribution in [1.82, 2.24) is 31.1 Å². The highest BCUT2D eigenvalue weighted by Crippen LogP contribution is 2.26. The summed E-state index contributed by atoms with van der Waals surface area (Å²) >= 11 is 0. The minimum atomic E-state index is -1.45. The molecule has 1 fully saturated rings. The summed E-state index contributed by atoms with van der Waals surface area (Å²) < 4.78 is 5.93. The number of carboxylic acid groups (broad SMARTS) is 2. The van der Waals surface area contributed by atoms with Crippen molar-refractivity contribution in [2.75, 3.05) is 13.1 Å². The Balaban J connectivity index is 1.55. The molecule has 4 rings (SSSR count). The molecule has 3 unspecified atom stereocenters. The molecule has 6 N–H and O–H groups in total. The van der Waals surface area contributed by atoms with Gasteiger partial charge in [0, 0.05) is 38.8 Å². The molecular formula is C46H62N6O12. The van der Waals surface area contributed by atoms with Gasteiger partial charge in [-0.25, -0.2) is 9.59 Å². The zero-order chi connectivity index (χ0) is 47.1. The summed E-state index contributed by atoms with van der Waals surface area (Å²) in [5.74, 6) is -8.29. The van der Waals surface area contributed by atoms with Crippen LogP contribution < -0.4 is 21.3 Å². The van der Waals surface area contributed by atoms with Crippen molar-refractivity contribution in [1.29, 1.82) is 0 Å². The summed E-state index contributed by atoms with van der Waals surface area (Å²) in [6.07, 6.45) is -0.546. The minimum absolute atomic E-state index is 0.00349. The molecule has 6 atom stereocenters. The summed E-state index contributed by atoms with van der Waals surface area (Å²) in [5.41, 5.74) is 2.68. The standard InChI is InChI=1S/C46H62N6O12/c1-6-14-33(40(56)43(59)48-34(45(61)62)23-29-15-8-7-9-16-29)47-41(57)35-24-32(64-46(63)51-22-21-30-17-10-11-18-31(30)25-51)26-52(35)44(60)39(28(4)5)50-42(58)38(27(2)3)49-36(53)19-12-13-20-37(54)55/h7-11,15-18,27-28,32-35,38-39H,6,12-14,19-26H2,1-5H3,(H,47,57)(H,48,59)(H,49,53)(H,50,58)(H,54,55)(H,61,62)/t32?,33?,34-,35?,38-,39-/m0/s1. The van der Waals surface area contributed by atoms with E-state index in [1.807, 2.05) is 24.3 Å². The first-order valence-electron chi connectivity index (χ1n) is 22.0. The molecule has 0 radical (unpaired) electrons. The van der Waals surface area contributed by atoms with Crippen molar-refractivity contribution >= 4 is 53.4 Å². The first-order chi connectivity index (χ1) is 30.4. The van der Waals surface area contributed by atoms with Gasteiger partial charge in [-0.1, -0.05) is 95.6 Å². The number of hydrogen-bond donors (Lipinski definition) is 6. The van der Waals surface area contributed by atoms with Crippen LogP contribution in [0, 0.1) is 11.8 Å². The average molecular weight is 891 g/mol. The maximum absolute atomic E-state index is 14.6. The van der Waals surface area contributed by atoms with Gasteiger partial charge in [-0.3, -0.25) is 33.6 Å². The lowest BCUT2D eigenvalue weighted by atomic mass is 9.98. The van der Waals surface area contributed by atoms with E-state index in [9.17, 15) is 48.3 Å². The molecule has 2 aromatic rings. The van der Waals surface area contributed by atoms with Crippen LogP contribution in [0.1, 0.15) is 96.3 Å². The monoisotopic (exact) mass is 890 g/mol. The number of likely N-dealkylation sites (tertiary alicyclic amines) is 1. The number of carboxylic acids is 2. The Morgan fingerprint density at radius 1 is 0.766 bits per heavy atom. The molecule has 18 nitrogen and oxygen atoms in total. The second-order valence-corrected chi connectivity index (χ2v) is 17.1. The zero-order valence-corrected chi connectivity index (χ0v) is 37.2. The first-order valence-corrected chi connectivity index (χ1v) is 22.0. The Kier molecular flexibility index (Phi) is 18.8. The third-order valence-electron chi connectivity index (χ3n) is 11.4. The Morgan fingerprint density at radius 3 is 2.03 bits per heavy atom. The number of benzene rings is 2. The van der Waals surface area contributed by atoms with E-state index >= 15 is 0 Å². The van der Waals surface area contributed by atoms with E-state index in [0.29, 0.717) is 37.9 Å². The number of carbonyl (C=O) groups is 9. The van der Waals surface area contributed by atoms with Crippen LogP contribution in [-0.4, -0.2) is 123 Å². The summed E-state index contributed by atoms with van der Waals surface area (Å²) in [6.45, 7) is 8.93. The molecular weight excluding hydrogens is 829 g/mol. The molecule has 64 heavy (non-hydrogen) atoms. The lowest BCUT2D eigenvalue weighted by Gasteiger charge is -2.32. The molecule has 18 heteroatoms. The summed E-state index contributed by atoms with van der Waals surface area (Å²) in [5, 5.41) is 29.1. The van der Waals surface area contributed by atoms with Crippen LogP contribution in [-0.2, 0) is 62.5 Å². The second-order valence-electron chi connectivity index (χ2n) is 17.1. The van der Waals surface area contributed by atoms with Gasteiger partial charge in [-0.2, -0.15) is 0 Å². The Morgan fingerprint density at radius 2 is 1.41 bits per heavy atom. The first kappa shape index (κ1) is 50.3. The van der Waals surface area contributed by atoms with E-state index < -0.39 is 101 Å². The number of nitrogens with zero attached hydrogens (tertiary/aromatic N) is 2. The molecule has 2 heterocycles. The fraction of sp³-hybridized carbons (Fsp3) is 0.543. The van der Waals surface area contributed by atoms with Crippen LogP contribution in [0.25, 0.3) is 0 Å². The molecule has 2 aromatic carbocycles. The third kappa shape index (κ3) is 14.4. The van der Waals surface area contributed by atoms with Gasteiger partial charge in [0.15, 0.2) is 0 Å². The molecule has 2 aliphatic heterocycles. The number of rotatable bonds is 22. The van der Waals surface area contributed by atoms with Gasteiger partial charge in [0.25, 0.3) is 5.91 Å². The van der Waals surface area contributed by atoms with Crippen LogP contribution in [0.15, 0.2) is 54.6 Å². The van der Waals surface area contributed by atoms with Gasteiger partial charge in [0.2, 0.25) is 29.4 Å². The van der Waals surface area contributed by atoms with Crippen molar-refractivity contribution in [3.8, 4) is 0 Å². The SMILES string of the molecule is CCCC(NC(=O)C1CC(OC(=O)N2CCc3ccccc3C2)CN1C(=O)[C@@H](NC(=O)[C@@H](NC(=O)CCCCC(=O)O)C(C)C)C(C)C)C(=O)C(=O)N[C@@H](Cc1ccccc1)C(=O)O. The van der Waals surface area contributed by atoms with Gasteiger partial charge >= 0.3 is 18.0 Å². The van der Waals surface area contributed by atoms with E-state index in [0.717, 1.165) is 11.1 Å². The fourth-order valence-corrected chi connectivity index (χ4v) is 7.78. The number of hydrogen-bond acceptors (Lipinski definition) is 10. The molecule has 0 aliphatic carbocycles. The third-order valence-corrected chi connectivity index (χ3v) is 11.4. The topological polar surface area (TPSA) is 258 Å². The predicted octanol–water partition coefficient (Wildman–Crippen LogP) is 2.74. The Hall–Kier alpha value is -6.33. The number of nitrogens with one attached hydrogen (secondary N) is 4. The van der Waals surface area contributed by atoms with Crippen LogP contribution in [0.3, 0.4) is 0 Å². The average Bonchev–Trinajstić information content (AvgIpc) is 3.68. The van der Waals surface area contributed by atoms with Crippen LogP contribution in [0.5, 0.6) is 0 Å². The van der Waals surface area contributed by atoms with Gasteiger partial charge in [-0.05, 0) is 54.2 Å². The molecule has 2 aliphatic rings. The minimum Gasteiger partial charge on any atom is -0.481 e. The Bertz CT molecular complexity index is 2010. The fourth-order valence-electron chi connectivity index (χ4n) is 7.78. The number of aliphatic carboxylic acids is 2. The van der Waals surface area contributed by atoms with E-state index in [1.54, 1.807) is 65.0 Å². The highest BCUT2D eigenvalue weighted by molar-refractivity contribution is 6.38. The van der Waals surface area contributed by atoms with Crippen LogP contribution >= 0.6 is 0 Å². The molecule has 0 saturated carbocycles. The molecule has 0 bridgehead atoms. The molecule has 1 saturated heterocycles. The van der Waals surface area contributed by atoms with Crippen molar-refractivity contribution in [2.45, 2.75) is 135 Å². The molecule has 6 amide bonds. The maximum Gasteiger partial charge on any atom is 0.410 e. The van der Waals surface area contributed by atoms with E-state index in [1.165, 1.54) is 9.80 Å². The van der Waals surface area contributed by atoms with Crippen molar-refractivity contribution in [3.05, 3.63) is 71.3 Å². The smallest absolute Gasteiger partial charge is 0.410 e. The number of ketones is 1. The van der Waals surface area contributed by atoms with Gasteiger partial charge in [0.1, 0.15) is 30.3 Å². The Labute approximate surface area is 373 Å². The zero-order valence-electron chi connectivity index (χ0n) is 37.2. The number of amides is 6. The summed E-state index contributed by atoms with van der Waals surface area (Å²) in [4.78, 5) is 122. The van der Waals surface area contributed by atoms with Crippen molar-refractivity contribution in [3.63, 3.8) is 0 Å². The lowest BCUT2D eigenvalue weighted by Crippen LogP contribution is -2.60. The summed E-state index contributed by atoms with van der Waals surface area (Å²) in [6, 6.07) is 9.74. The van der Waals surface area contributed by atoms with E-state index in [4.69, 9.17) is 9.84 Å². The van der Waals surface area contributed by atoms with Gasteiger partial charge < -0.3 is 46.0 Å². The predicted molar refractivity (Wildman–Crippen MR) is 232 cm³/mol. The highest BCUT2D eigenvalue weighted by Gasteiger charge is 2.46. The maximum atomic E-state index is 14.6. The largest absolute Gasteiger partial charge is 0.481 e. The van der Waals surface area contributed by atoms with E-state index in [2.05, 4.69) is 21.3 Å². The van der Waals surface area contributed by atoms with Crippen LogP contribution in [0.2, 0.25) is 0 Å². The number of fused-ring (bicyclic) bond motifs is 1. The molecule has 0 spiro atoms. The second kappa shape index (κ2) is 23.9. The lowest BCUT2D eigenvalue weighted by molar-refractivity contribution is -0.146. The molecule has 0 aromatic heterocycles. The number of ether oxygens (including phenoxy) is 1. The summed E-state index contributed by atoms with van der Waals surface area (Å²) in [7, 11) is 0. The van der Waals surface area contributed by atoms with Crippen LogP contribution in [0.4, 0.5) is 4.79 Å². The van der Waals surface area contributed by atoms with Crippen molar-refractivity contribution in [2.24, 2.45) is 11.8 Å². The number of Topliss-reactive ketones (excluding diaryl/α,β-unsaturated/α-hetero) is 1. The molecule has 348 valence electrons. The number of carbonyl (C=O) groups excluding carboxylic acids is 7. The quantitative estimate of drug-likeness (QED) is 0.0737. The number of unbranched alkanes of at least 4 members (excludes halogenated alkanes) is 1. The van der Waals surface area contributed by atoms with Gasteiger partial charge in [-0.15, -0.1) is 0 Å². The van der Waals surface area contributed by atoms with Crippen molar-refractivity contribution < 1.29 is 58.1 Å². The van der Waals surface area contributed by atoms with Gasteiger partial charge in [0.05, 0.1) is 12.6 Å². The van der Waals surface area contributed by atoms with E-state index in [-0.39, 0.29) is 45.1 Å². The normalized spacial score (nSPS) is 17.6. The highest BCUT2D eigenvalue weighted by atomic mass is 16.6.